The Labute approximate surface area is 322 Å². The van der Waals surface area contributed by atoms with E-state index in [0.717, 1.165) is 55.5 Å². The minimum atomic E-state index is 0.635. The number of hydrogen-bond acceptors (Lipinski definition) is 6. The fourth-order valence-corrected chi connectivity index (χ4v) is 8.20. The molecule has 0 aliphatic rings. The fraction of sp³-hybridized carbons (Fsp3) is 0. The molecule has 5 nitrogen and oxygen atoms in total. The molecular weight excluding hydrogens is 691 g/mol. The van der Waals surface area contributed by atoms with Crippen LogP contribution in [0.15, 0.2) is 188 Å². The van der Waals surface area contributed by atoms with Crippen LogP contribution in [0.1, 0.15) is 0 Å². The smallest absolute Gasteiger partial charge is 0.164 e. The largest absolute Gasteiger partial charge is 0.228 e. The van der Waals surface area contributed by atoms with E-state index in [9.17, 15) is 0 Å². The van der Waals surface area contributed by atoms with Gasteiger partial charge in [0.15, 0.2) is 23.3 Å². The molecule has 0 amide bonds. The minimum Gasteiger partial charge on any atom is -0.228 e. The van der Waals surface area contributed by atoms with Gasteiger partial charge in [0.05, 0.1) is 11.4 Å². The van der Waals surface area contributed by atoms with Gasteiger partial charge in [0.2, 0.25) is 0 Å². The maximum atomic E-state index is 5.20. The van der Waals surface area contributed by atoms with Crippen molar-refractivity contribution in [3.63, 3.8) is 0 Å². The van der Waals surface area contributed by atoms with Crippen molar-refractivity contribution in [3.8, 4) is 79.2 Å². The van der Waals surface area contributed by atoms with Gasteiger partial charge in [0.25, 0.3) is 0 Å². The molecule has 0 N–H and O–H groups in total. The highest BCUT2D eigenvalue weighted by Crippen LogP contribution is 2.42. The van der Waals surface area contributed by atoms with Crippen molar-refractivity contribution in [1.82, 2.24) is 24.9 Å². The summed E-state index contributed by atoms with van der Waals surface area (Å²) in [6.45, 7) is 0. The monoisotopic (exact) mass is 721 g/mol. The molecule has 10 aromatic rings. The lowest BCUT2D eigenvalue weighted by Gasteiger charge is -2.11. The van der Waals surface area contributed by atoms with E-state index in [0.29, 0.717) is 23.3 Å². The topological polar surface area (TPSA) is 64.5 Å². The molecule has 0 saturated carbocycles. The zero-order valence-corrected chi connectivity index (χ0v) is 30.4. The van der Waals surface area contributed by atoms with Crippen LogP contribution in [-0.4, -0.2) is 24.9 Å². The number of hydrogen-bond donors (Lipinski definition) is 0. The highest BCUT2D eigenvalue weighted by Gasteiger charge is 2.18. The average molecular weight is 722 g/mol. The fourth-order valence-electron chi connectivity index (χ4n) is 6.99. The summed E-state index contributed by atoms with van der Waals surface area (Å²) in [5.41, 5.74) is 10.0. The summed E-state index contributed by atoms with van der Waals surface area (Å²) in [4.78, 5) is 25.2. The molecule has 0 aliphatic heterocycles. The summed E-state index contributed by atoms with van der Waals surface area (Å²) in [7, 11) is 0. The van der Waals surface area contributed by atoms with Gasteiger partial charge in [-0.2, -0.15) is 0 Å². The number of fused-ring (bicyclic) bond motifs is 3. The van der Waals surface area contributed by atoms with Crippen molar-refractivity contribution in [2.24, 2.45) is 0 Å². The number of rotatable bonds is 7. The molecule has 6 heteroatoms. The minimum absolute atomic E-state index is 0.635. The number of benzene rings is 7. The van der Waals surface area contributed by atoms with E-state index in [2.05, 4.69) is 103 Å². The van der Waals surface area contributed by atoms with E-state index in [1.54, 1.807) is 11.3 Å². The molecule has 10 rings (SSSR count). The second kappa shape index (κ2) is 14.0. The zero-order chi connectivity index (χ0) is 36.6. The van der Waals surface area contributed by atoms with Gasteiger partial charge in [-0.25, -0.2) is 24.9 Å². The first-order valence-corrected chi connectivity index (χ1v) is 19.0. The third-order valence-corrected chi connectivity index (χ3v) is 11.0. The molecule has 0 aliphatic carbocycles. The molecule has 0 radical (unpaired) electrons. The van der Waals surface area contributed by atoms with Crippen LogP contribution in [0.4, 0.5) is 0 Å². The zero-order valence-electron chi connectivity index (χ0n) is 29.5. The van der Waals surface area contributed by atoms with Crippen LogP contribution in [0.25, 0.3) is 99.4 Å². The first kappa shape index (κ1) is 32.5. The predicted molar refractivity (Wildman–Crippen MR) is 226 cm³/mol. The maximum Gasteiger partial charge on any atom is 0.164 e. The maximum absolute atomic E-state index is 5.20. The lowest BCUT2D eigenvalue weighted by molar-refractivity contribution is 1.07. The first-order chi connectivity index (χ1) is 27.2. The van der Waals surface area contributed by atoms with Crippen LogP contribution >= 0.6 is 11.3 Å². The van der Waals surface area contributed by atoms with Crippen molar-refractivity contribution in [2.45, 2.75) is 0 Å². The molecular formula is C49H31N5S. The van der Waals surface area contributed by atoms with Crippen molar-refractivity contribution in [2.75, 3.05) is 0 Å². The highest BCUT2D eigenvalue weighted by molar-refractivity contribution is 7.26. The highest BCUT2D eigenvalue weighted by atomic mass is 32.1. The summed E-state index contributed by atoms with van der Waals surface area (Å²) in [5.74, 6) is 2.62. The lowest BCUT2D eigenvalue weighted by Crippen LogP contribution is -2.00. The normalized spacial score (nSPS) is 11.3. The predicted octanol–water partition coefficient (Wildman–Crippen LogP) is 12.7. The molecule has 0 saturated heterocycles. The van der Waals surface area contributed by atoms with E-state index in [1.165, 1.54) is 20.5 Å². The molecule has 0 bridgehead atoms. The molecule has 3 aromatic heterocycles. The third-order valence-electron chi connectivity index (χ3n) is 9.78. The number of aromatic nitrogens is 5. The van der Waals surface area contributed by atoms with Crippen LogP contribution in [0.5, 0.6) is 0 Å². The van der Waals surface area contributed by atoms with Crippen molar-refractivity contribution < 1.29 is 0 Å². The Morgan fingerprint density at radius 2 is 0.745 bits per heavy atom. The molecule has 0 unspecified atom stereocenters. The molecule has 258 valence electrons. The summed E-state index contributed by atoms with van der Waals surface area (Å²) in [5, 5.41) is 2.31. The summed E-state index contributed by atoms with van der Waals surface area (Å²) in [6.07, 6.45) is 0. The van der Waals surface area contributed by atoms with Crippen molar-refractivity contribution >= 4 is 31.5 Å². The van der Waals surface area contributed by atoms with Crippen LogP contribution < -0.4 is 0 Å². The molecule has 0 fully saturated rings. The Hall–Kier alpha value is -7.15. The first-order valence-electron chi connectivity index (χ1n) is 18.2. The van der Waals surface area contributed by atoms with Gasteiger partial charge >= 0.3 is 0 Å². The summed E-state index contributed by atoms with van der Waals surface area (Å²) < 4.78 is 2.35. The third kappa shape index (κ3) is 6.35. The van der Waals surface area contributed by atoms with Gasteiger partial charge in [-0.15, -0.1) is 11.3 Å². The Kier molecular flexibility index (Phi) is 8.28. The summed E-state index contributed by atoms with van der Waals surface area (Å²) in [6, 6.07) is 64.6. The lowest BCUT2D eigenvalue weighted by atomic mass is 10.0. The van der Waals surface area contributed by atoms with E-state index in [1.807, 2.05) is 84.9 Å². The molecule has 3 heterocycles. The summed E-state index contributed by atoms with van der Waals surface area (Å²) >= 11 is 1.78. The Balaban J connectivity index is 1.10. The van der Waals surface area contributed by atoms with Crippen LogP contribution in [0.2, 0.25) is 0 Å². The Morgan fingerprint density at radius 3 is 1.33 bits per heavy atom. The van der Waals surface area contributed by atoms with Gasteiger partial charge < -0.3 is 0 Å². The second-order valence-electron chi connectivity index (χ2n) is 13.3. The second-order valence-corrected chi connectivity index (χ2v) is 14.4. The average Bonchev–Trinajstić information content (AvgIpc) is 3.66. The van der Waals surface area contributed by atoms with Crippen LogP contribution in [0.3, 0.4) is 0 Å². The Bertz CT molecular complexity index is 2890. The number of thiophene rings is 1. The SMILES string of the molecule is c1ccc(-c2ccc(-c3cc(-c4cccc5c4sc4ccc(-c6nc(-c7ccccc7)nc(-c7ccccc7)n6)cc45)nc(-c4ccccc4)n3)cc2)cc1. The van der Waals surface area contributed by atoms with Crippen molar-refractivity contribution in [1.29, 1.82) is 0 Å². The van der Waals surface area contributed by atoms with E-state index >= 15 is 0 Å². The van der Waals surface area contributed by atoms with E-state index in [4.69, 9.17) is 24.9 Å². The van der Waals surface area contributed by atoms with Crippen molar-refractivity contribution in [3.05, 3.63) is 188 Å². The van der Waals surface area contributed by atoms with Gasteiger partial charge in [0, 0.05) is 53.6 Å². The van der Waals surface area contributed by atoms with Crippen LogP contribution in [-0.2, 0) is 0 Å². The Morgan fingerprint density at radius 1 is 0.291 bits per heavy atom. The van der Waals surface area contributed by atoms with Gasteiger partial charge in [-0.3, -0.25) is 0 Å². The quantitative estimate of drug-likeness (QED) is 0.164. The van der Waals surface area contributed by atoms with Crippen LogP contribution in [0, 0.1) is 0 Å². The molecule has 0 spiro atoms. The van der Waals surface area contributed by atoms with E-state index < -0.39 is 0 Å². The molecule has 55 heavy (non-hydrogen) atoms. The van der Waals surface area contributed by atoms with E-state index in [-0.39, 0.29) is 0 Å². The molecule has 7 aromatic carbocycles. The number of nitrogens with zero attached hydrogens (tertiary/aromatic N) is 5. The standard InChI is InChI=1S/C49H31N5S/c1-5-14-32(15-6-1)33-24-26-34(27-25-33)42-31-43(51-46(50-42)35-16-7-2-8-17-35)40-23-13-22-39-41-30-38(28-29-44(41)55-45(39)40)49-53-47(36-18-9-3-10-19-36)52-48(54-49)37-20-11-4-12-21-37/h1-31H. The molecule has 0 atom stereocenters. The van der Waals surface area contributed by atoms with Gasteiger partial charge in [-0.05, 0) is 35.4 Å². The van der Waals surface area contributed by atoms with Gasteiger partial charge in [-0.1, -0.05) is 164 Å². The van der Waals surface area contributed by atoms with Gasteiger partial charge in [0.1, 0.15) is 0 Å².